The predicted molar refractivity (Wildman–Crippen MR) is 115 cm³/mol. The number of carbonyl (C=O) groups excluding carboxylic acids is 1. The number of nitrogens with one attached hydrogen (secondary N) is 1. The maximum atomic E-state index is 13.3. The van der Waals surface area contributed by atoms with Crippen molar-refractivity contribution in [2.24, 2.45) is 0 Å². The fraction of sp³-hybridized carbons (Fsp3) is 0.240. The molecular weight excluding hydrogens is 416 g/mol. The summed E-state index contributed by atoms with van der Waals surface area (Å²) in [6.07, 6.45) is -0.708. The number of alkyl halides is 2. The van der Waals surface area contributed by atoms with Crippen molar-refractivity contribution >= 4 is 5.91 Å². The topological polar surface area (TPSA) is 56.8 Å². The highest BCUT2D eigenvalue weighted by molar-refractivity contribution is 5.94. The van der Waals surface area contributed by atoms with E-state index in [0.717, 1.165) is 19.3 Å². The molecule has 7 heteroatoms. The number of carbonyl (C=O) groups is 1. The normalized spacial score (nSPS) is 13.6. The van der Waals surface area contributed by atoms with E-state index in [4.69, 9.17) is 4.74 Å². The van der Waals surface area contributed by atoms with Crippen molar-refractivity contribution in [2.45, 2.75) is 32.1 Å². The van der Waals surface area contributed by atoms with Crippen LogP contribution in [-0.4, -0.2) is 18.8 Å². The molecule has 0 spiro atoms. The molecule has 1 N–H and O–H groups in total. The zero-order valence-corrected chi connectivity index (χ0v) is 17.4. The highest BCUT2D eigenvalue weighted by atomic mass is 19.3. The summed E-state index contributed by atoms with van der Waals surface area (Å²) >= 11 is 0. The molecule has 32 heavy (non-hydrogen) atoms. The molecule has 0 aromatic heterocycles. The van der Waals surface area contributed by atoms with Crippen molar-refractivity contribution in [2.75, 3.05) is 6.61 Å². The van der Waals surface area contributed by atoms with E-state index in [1.807, 2.05) is 18.2 Å². The number of amides is 1. The van der Waals surface area contributed by atoms with Crippen LogP contribution in [0.5, 0.6) is 17.2 Å². The minimum absolute atomic E-state index is 0.0289. The first-order chi connectivity index (χ1) is 15.5. The van der Waals surface area contributed by atoms with E-state index in [1.165, 1.54) is 11.6 Å². The van der Waals surface area contributed by atoms with Gasteiger partial charge in [0, 0.05) is 17.7 Å². The monoisotopic (exact) mass is 439 g/mol. The molecule has 3 aromatic carbocycles. The second-order valence-electron chi connectivity index (χ2n) is 7.41. The van der Waals surface area contributed by atoms with Gasteiger partial charge in [-0.15, -0.1) is 8.78 Å². The lowest BCUT2D eigenvalue weighted by molar-refractivity contribution is -0.286. The fourth-order valence-corrected chi connectivity index (χ4v) is 3.41. The van der Waals surface area contributed by atoms with Gasteiger partial charge in [-0.25, -0.2) is 0 Å². The third kappa shape index (κ3) is 5.55. The van der Waals surface area contributed by atoms with Crippen LogP contribution in [0.3, 0.4) is 0 Å². The van der Waals surface area contributed by atoms with Gasteiger partial charge in [0.25, 0.3) is 5.91 Å². The van der Waals surface area contributed by atoms with Crippen LogP contribution >= 0.6 is 0 Å². The average Bonchev–Trinajstić information content (AvgIpc) is 3.12. The summed E-state index contributed by atoms with van der Waals surface area (Å²) < 4.78 is 41.3. The number of para-hydroxylation sites is 1. The molecule has 0 saturated heterocycles. The van der Waals surface area contributed by atoms with Crippen LogP contribution in [0.25, 0.3) is 0 Å². The van der Waals surface area contributed by atoms with Crippen LogP contribution in [-0.2, 0) is 13.0 Å². The smallest absolute Gasteiger partial charge is 0.494 e. The van der Waals surface area contributed by atoms with Gasteiger partial charge in [-0.1, -0.05) is 42.5 Å². The van der Waals surface area contributed by atoms with Crippen LogP contribution in [0.4, 0.5) is 8.78 Å². The number of hydrogen-bond acceptors (Lipinski definition) is 4. The average molecular weight is 439 g/mol. The van der Waals surface area contributed by atoms with Gasteiger partial charge in [-0.05, 0) is 55.2 Å². The molecule has 1 heterocycles. The number of fused-ring (bicyclic) bond motifs is 1. The summed E-state index contributed by atoms with van der Waals surface area (Å²) in [6, 6.07) is 21.7. The molecule has 3 aromatic rings. The van der Waals surface area contributed by atoms with E-state index >= 15 is 0 Å². The number of benzene rings is 3. The van der Waals surface area contributed by atoms with Crippen molar-refractivity contribution in [3.63, 3.8) is 0 Å². The van der Waals surface area contributed by atoms with Gasteiger partial charge in [0.1, 0.15) is 5.75 Å². The largest absolute Gasteiger partial charge is 0.586 e. The van der Waals surface area contributed by atoms with Crippen LogP contribution < -0.4 is 19.5 Å². The molecule has 0 fully saturated rings. The molecule has 0 bridgehead atoms. The van der Waals surface area contributed by atoms with Crippen molar-refractivity contribution in [1.29, 1.82) is 0 Å². The lowest BCUT2D eigenvalue weighted by Gasteiger charge is -2.10. The molecule has 1 aliphatic rings. The van der Waals surface area contributed by atoms with Gasteiger partial charge < -0.3 is 19.5 Å². The predicted octanol–water partition coefficient (Wildman–Crippen LogP) is 5.34. The summed E-state index contributed by atoms with van der Waals surface area (Å²) in [4.78, 5) is 12.4. The third-order valence-corrected chi connectivity index (χ3v) is 5.04. The SMILES string of the molecule is O=C(NCc1cccc2c1OC(F)(F)O2)c1ccc(OCCCCc2ccccc2)cc1. The summed E-state index contributed by atoms with van der Waals surface area (Å²) in [5, 5.41) is 2.71. The van der Waals surface area contributed by atoms with E-state index in [2.05, 4.69) is 26.9 Å². The van der Waals surface area contributed by atoms with E-state index in [-0.39, 0.29) is 24.0 Å². The number of halogens is 2. The van der Waals surface area contributed by atoms with Gasteiger partial charge in [0.05, 0.1) is 6.61 Å². The Morgan fingerprint density at radius 2 is 1.69 bits per heavy atom. The van der Waals surface area contributed by atoms with Crippen LogP contribution in [0.2, 0.25) is 0 Å². The highest BCUT2D eigenvalue weighted by Crippen LogP contribution is 2.43. The standard InChI is InChI=1S/C25H23F2NO4/c26-25(27)31-22-11-6-10-20(23(22)32-25)17-28-24(29)19-12-14-21(15-13-19)30-16-5-4-9-18-7-2-1-3-8-18/h1-3,6-8,10-15H,4-5,9,16-17H2,(H,28,29). The molecule has 1 aliphatic heterocycles. The minimum Gasteiger partial charge on any atom is -0.494 e. The highest BCUT2D eigenvalue weighted by Gasteiger charge is 2.44. The van der Waals surface area contributed by atoms with E-state index in [1.54, 1.807) is 36.4 Å². The molecule has 1 amide bonds. The Labute approximate surface area is 184 Å². The number of unbranched alkanes of at least 4 members (excludes halogenated alkanes) is 1. The molecule has 5 nitrogen and oxygen atoms in total. The molecule has 166 valence electrons. The van der Waals surface area contributed by atoms with Gasteiger partial charge in [0.2, 0.25) is 0 Å². The molecule has 0 unspecified atom stereocenters. The number of aryl methyl sites for hydroxylation is 1. The first-order valence-corrected chi connectivity index (χ1v) is 10.4. The quantitative estimate of drug-likeness (QED) is 0.458. The summed E-state index contributed by atoms with van der Waals surface area (Å²) in [5.74, 6) is 0.249. The molecule has 0 saturated carbocycles. The van der Waals surface area contributed by atoms with Crippen molar-refractivity contribution in [3.8, 4) is 17.2 Å². The minimum atomic E-state index is -3.69. The maximum absolute atomic E-state index is 13.3. The van der Waals surface area contributed by atoms with Crippen molar-refractivity contribution < 1.29 is 27.8 Å². The van der Waals surface area contributed by atoms with Crippen molar-refractivity contribution in [3.05, 3.63) is 89.5 Å². The Bertz CT molecular complexity index is 1060. The summed E-state index contributed by atoms with van der Waals surface area (Å²) in [7, 11) is 0. The Balaban J connectivity index is 1.22. The van der Waals surface area contributed by atoms with Crippen molar-refractivity contribution in [1.82, 2.24) is 5.32 Å². The van der Waals surface area contributed by atoms with Crippen LogP contribution in [0, 0.1) is 0 Å². The summed E-state index contributed by atoms with van der Waals surface area (Å²) in [6.45, 7) is 0.630. The van der Waals surface area contributed by atoms with E-state index in [0.29, 0.717) is 23.5 Å². The maximum Gasteiger partial charge on any atom is 0.586 e. The number of rotatable bonds is 9. The second kappa shape index (κ2) is 9.68. The third-order valence-electron chi connectivity index (χ3n) is 5.04. The fourth-order valence-electron chi connectivity index (χ4n) is 3.41. The zero-order chi connectivity index (χ0) is 22.4. The molecule has 0 radical (unpaired) electrons. The Morgan fingerprint density at radius 1 is 0.906 bits per heavy atom. The lowest BCUT2D eigenvalue weighted by atomic mass is 10.1. The molecular formula is C25H23F2NO4. The molecule has 4 rings (SSSR count). The summed E-state index contributed by atoms with van der Waals surface area (Å²) in [5.41, 5.74) is 2.16. The van der Waals surface area contributed by atoms with E-state index < -0.39 is 6.29 Å². The number of ether oxygens (including phenoxy) is 3. The van der Waals surface area contributed by atoms with E-state index in [9.17, 15) is 13.6 Å². The van der Waals surface area contributed by atoms with Gasteiger partial charge in [-0.3, -0.25) is 4.79 Å². The molecule has 0 aliphatic carbocycles. The Kier molecular flexibility index (Phi) is 6.54. The van der Waals surface area contributed by atoms with Gasteiger partial charge in [-0.2, -0.15) is 0 Å². The lowest BCUT2D eigenvalue weighted by Crippen LogP contribution is -2.26. The van der Waals surface area contributed by atoms with Crippen LogP contribution in [0.1, 0.15) is 34.3 Å². The van der Waals surface area contributed by atoms with Crippen LogP contribution in [0.15, 0.2) is 72.8 Å². The first-order valence-electron chi connectivity index (χ1n) is 10.4. The zero-order valence-electron chi connectivity index (χ0n) is 17.4. The van der Waals surface area contributed by atoms with Gasteiger partial charge in [0.15, 0.2) is 11.5 Å². The Hall–Kier alpha value is -3.61. The number of hydrogen-bond donors (Lipinski definition) is 1. The molecule has 0 atom stereocenters. The second-order valence-corrected chi connectivity index (χ2v) is 7.41. The Morgan fingerprint density at radius 3 is 2.47 bits per heavy atom. The van der Waals surface area contributed by atoms with Gasteiger partial charge >= 0.3 is 6.29 Å². The first kappa shape index (κ1) is 21.6.